The number of hydrogen-bond donors (Lipinski definition) is 1. The van der Waals surface area contributed by atoms with E-state index < -0.39 is 4.92 Å². The molecule has 1 aromatic rings. The minimum atomic E-state index is -0.497. The first kappa shape index (κ1) is 15.2. The second-order valence-electron chi connectivity index (χ2n) is 5.04. The summed E-state index contributed by atoms with van der Waals surface area (Å²) in [6, 6.07) is 6.33. The summed E-state index contributed by atoms with van der Waals surface area (Å²) < 4.78 is 5.37. The number of nitrogens with two attached hydrogens (primary N) is 1. The van der Waals surface area contributed by atoms with Crippen molar-refractivity contribution in [3.63, 3.8) is 0 Å². The van der Waals surface area contributed by atoms with Crippen LogP contribution in [0.1, 0.15) is 19.3 Å². The van der Waals surface area contributed by atoms with Crippen molar-refractivity contribution in [2.45, 2.75) is 25.3 Å². The number of carbonyl (C=O) groups is 1. The largest absolute Gasteiger partial charge is 0.486 e. The van der Waals surface area contributed by atoms with Crippen molar-refractivity contribution >= 4 is 11.6 Å². The molecular formula is C14H19N3O4. The van der Waals surface area contributed by atoms with Crippen LogP contribution in [0.3, 0.4) is 0 Å². The Morgan fingerprint density at radius 1 is 1.38 bits per heavy atom. The molecule has 0 saturated carbocycles. The molecule has 21 heavy (non-hydrogen) atoms. The summed E-state index contributed by atoms with van der Waals surface area (Å²) >= 11 is 0. The summed E-state index contributed by atoms with van der Waals surface area (Å²) in [6.45, 7) is 1.48. The summed E-state index contributed by atoms with van der Waals surface area (Å²) in [4.78, 5) is 24.1. The first-order valence-electron chi connectivity index (χ1n) is 6.97. The van der Waals surface area contributed by atoms with Crippen molar-refractivity contribution < 1.29 is 14.5 Å². The fourth-order valence-corrected chi connectivity index (χ4v) is 2.29. The van der Waals surface area contributed by atoms with Gasteiger partial charge in [-0.05, 0) is 18.9 Å². The van der Waals surface area contributed by atoms with E-state index in [-0.39, 0.29) is 36.4 Å². The highest BCUT2D eigenvalue weighted by molar-refractivity contribution is 5.76. The number of carbonyl (C=O) groups excluding carboxylic acids is 1. The Balaban J connectivity index is 1.82. The molecule has 0 radical (unpaired) electrons. The van der Waals surface area contributed by atoms with E-state index in [1.807, 2.05) is 0 Å². The van der Waals surface area contributed by atoms with E-state index in [9.17, 15) is 14.9 Å². The van der Waals surface area contributed by atoms with Crippen molar-refractivity contribution in [1.82, 2.24) is 4.90 Å². The van der Waals surface area contributed by atoms with E-state index in [1.54, 1.807) is 17.0 Å². The third-order valence-electron chi connectivity index (χ3n) is 3.53. The molecule has 0 aliphatic carbocycles. The van der Waals surface area contributed by atoms with Gasteiger partial charge in [0.05, 0.1) is 18.0 Å². The number of amides is 1. The lowest BCUT2D eigenvalue weighted by molar-refractivity contribution is -0.385. The first-order chi connectivity index (χ1) is 10.1. The number of likely N-dealkylation sites (tertiary alicyclic amines) is 1. The molecule has 7 nitrogen and oxygen atoms in total. The van der Waals surface area contributed by atoms with Crippen molar-refractivity contribution in [3.05, 3.63) is 34.4 Å². The number of piperidine rings is 1. The number of hydrogen-bond acceptors (Lipinski definition) is 5. The number of ether oxygens (including phenoxy) is 1. The fourth-order valence-electron chi connectivity index (χ4n) is 2.29. The number of para-hydroxylation sites is 2. The molecule has 1 aromatic carbocycles. The monoisotopic (exact) mass is 293 g/mol. The lowest BCUT2D eigenvalue weighted by Gasteiger charge is -2.30. The highest BCUT2D eigenvalue weighted by atomic mass is 16.6. The summed E-state index contributed by atoms with van der Waals surface area (Å²) in [5.74, 6) is 0.191. The minimum absolute atomic E-state index is 0.000448. The number of nitro groups is 1. The maximum atomic E-state index is 12.0. The number of rotatable bonds is 5. The smallest absolute Gasteiger partial charge is 0.310 e. The van der Waals surface area contributed by atoms with E-state index in [4.69, 9.17) is 10.5 Å². The van der Waals surface area contributed by atoms with Gasteiger partial charge in [-0.3, -0.25) is 14.9 Å². The average molecular weight is 293 g/mol. The lowest BCUT2D eigenvalue weighted by atomic mass is 10.1. The van der Waals surface area contributed by atoms with Crippen LogP contribution in [-0.2, 0) is 4.79 Å². The normalized spacial score (nSPS) is 15.8. The molecule has 114 valence electrons. The predicted octanol–water partition coefficient (Wildman–Crippen LogP) is 1.31. The number of nitrogens with zero attached hydrogens (tertiary/aromatic N) is 2. The van der Waals surface area contributed by atoms with Crippen LogP contribution >= 0.6 is 0 Å². The predicted molar refractivity (Wildman–Crippen MR) is 77.0 cm³/mol. The third kappa shape index (κ3) is 4.16. The zero-order valence-electron chi connectivity index (χ0n) is 11.7. The van der Waals surface area contributed by atoms with Gasteiger partial charge in [0.15, 0.2) is 5.75 Å². The van der Waals surface area contributed by atoms with E-state index in [1.165, 1.54) is 12.1 Å². The van der Waals surface area contributed by atoms with Gasteiger partial charge in [-0.1, -0.05) is 12.1 Å². The van der Waals surface area contributed by atoms with Gasteiger partial charge in [-0.15, -0.1) is 0 Å². The zero-order chi connectivity index (χ0) is 15.2. The molecule has 0 bridgehead atoms. The van der Waals surface area contributed by atoms with E-state index in [0.717, 1.165) is 12.8 Å². The molecule has 2 N–H and O–H groups in total. The Hall–Kier alpha value is -2.15. The topological polar surface area (TPSA) is 98.7 Å². The summed E-state index contributed by atoms with van der Waals surface area (Å²) in [6.07, 6.45) is 1.84. The molecule has 1 aliphatic heterocycles. The second-order valence-corrected chi connectivity index (χ2v) is 5.04. The lowest BCUT2D eigenvalue weighted by Crippen LogP contribution is -2.43. The SMILES string of the molecule is NC1CCN(C(=O)CCOc2ccccc2[N+](=O)[O-])CC1. The average Bonchev–Trinajstić information content (AvgIpc) is 2.48. The molecule has 0 spiro atoms. The van der Waals surface area contributed by atoms with Gasteiger partial charge in [-0.25, -0.2) is 0 Å². The molecule has 0 aromatic heterocycles. The third-order valence-corrected chi connectivity index (χ3v) is 3.53. The Labute approximate surface area is 122 Å². The molecule has 1 heterocycles. The van der Waals surface area contributed by atoms with E-state index >= 15 is 0 Å². The molecule has 1 saturated heterocycles. The van der Waals surface area contributed by atoms with Crippen molar-refractivity contribution in [2.75, 3.05) is 19.7 Å². The first-order valence-corrected chi connectivity index (χ1v) is 6.97. The quantitative estimate of drug-likeness (QED) is 0.652. The van der Waals surface area contributed by atoms with Gasteiger partial charge in [0, 0.05) is 25.2 Å². The van der Waals surface area contributed by atoms with Crippen LogP contribution < -0.4 is 10.5 Å². The van der Waals surface area contributed by atoms with Gasteiger partial charge < -0.3 is 15.4 Å². The molecular weight excluding hydrogens is 274 g/mol. The molecule has 7 heteroatoms. The molecule has 0 atom stereocenters. The van der Waals surface area contributed by atoms with Gasteiger partial charge in [-0.2, -0.15) is 0 Å². The van der Waals surface area contributed by atoms with Crippen LogP contribution in [0.4, 0.5) is 5.69 Å². The number of nitro benzene ring substituents is 1. The Kier molecular flexibility index (Phi) is 5.10. The maximum Gasteiger partial charge on any atom is 0.310 e. The highest BCUT2D eigenvalue weighted by Crippen LogP contribution is 2.25. The summed E-state index contributed by atoms with van der Waals surface area (Å²) in [5, 5.41) is 10.8. The Morgan fingerprint density at radius 2 is 2.05 bits per heavy atom. The van der Waals surface area contributed by atoms with Crippen LogP contribution in [-0.4, -0.2) is 41.5 Å². The summed E-state index contributed by atoms with van der Waals surface area (Å²) in [7, 11) is 0. The minimum Gasteiger partial charge on any atom is -0.486 e. The molecule has 0 unspecified atom stereocenters. The van der Waals surface area contributed by atoms with Crippen molar-refractivity contribution in [2.24, 2.45) is 5.73 Å². The van der Waals surface area contributed by atoms with Gasteiger partial charge >= 0.3 is 5.69 Å². The molecule has 1 aliphatic rings. The van der Waals surface area contributed by atoms with Gasteiger partial charge in [0.1, 0.15) is 0 Å². The van der Waals surface area contributed by atoms with Crippen LogP contribution in [0.15, 0.2) is 24.3 Å². The fraction of sp³-hybridized carbons (Fsp3) is 0.500. The second kappa shape index (κ2) is 7.03. The van der Waals surface area contributed by atoms with Crippen LogP contribution in [0.5, 0.6) is 5.75 Å². The van der Waals surface area contributed by atoms with Crippen LogP contribution in [0.25, 0.3) is 0 Å². The summed E-state index contributed by atoms with van der Waals surface area (Å²) in [5.41, 5.74) is 5.70. The van der Waals surface area contributed by atoms with Crippen molar-refractivity contribution in [3.8, 4) is 5.75 Å². The highest BCUT2D eigenvalue weighted by Gasteiger charge is 2.20. The van der Waals surface area contributed by atoms with Crippen LogP contribution in [0.2, 0.25) is 0 Å². The Morgan fingerprint density at radius 3 is 2.71 bits per heavy atom. The molecule has 1 amide bonds. The Bertz CT molecular complexity index is 513. The van der Waals surface area contributed by atoms with Gasteiger partial charge in [0.25, 0.3) is 0 Å². The van der Waals surface area contributed by atoms with Crippen LogP contribution in [0, 0.1) is 10.1 Å². The zero-order valence-corrected chi connectivity index (χ0v) is 11.7. The maximum absolute atomic E-state index is 12.0. The van der Waals surface area contributed by atoms with Gasteiger partial charge in [0.2, 0.25) is 5.91 Å². The van der Waals surface area contributed by atoms with Crippen molar-refractivity contribution in [1.29, 1.82) is 0 Å². The standard InChI is InChI=1S/C14H19N3O4/c15-11-5-8-16(9-6-11)14(18)7-10-21-13-4-2-1-3-12(13)17(19)20/h1-4,11H,5-10,15H2. The molecule has 1 fully saturated rings. The van der Waals surface area contributed by atoms with E-state index in [0.29, 0.717) is 13.1 Å². The molecule has 2 rings (SSSR count). The number of benzene rings is 1. The van der Waals surface area contributed by atoms with E-state index in [2.05, 4.69) is 0 Å².